The summed E-state index contributed by atoms with van der Waals surface area (Å²) in [6.45, 7) is 6.26. The van der Waals surface area contributed by atoms with Crippen molar-refractivity contribution >= 4 is 0 Å². The van der Waals surface area contributed by atoms with Gasteiger partial charge in [0.15, 0.2) is 5.69 Å². The lowest BCUT2D eigenvalue weighted by Crippen LogP contribution is -2.02. The molecule has 0 bridgehead atoms. The Bertz CT molecular complexity index is 925. The average molecular weight is 317 g/mol. The van der Waals surface area contributed by atoms with Crippen molar-refractivity contribution in [2.24, 2.45) is 0 Å². The zero-order valence-corrected chi connectivity index (χ0v) is 14.3. The quantitative estimate of drug-likeness (QED) is 0.722. The molecule has 0 aliphatic heterocycles. The third-order valence-corrected chi connectivity index (χ3v) is 4.05. The van der Waals surface area contributed by atoms with Crippen LogP contribution in [0.15, 0.2) is 42.5 Å². The SMILES string of the molecule is COc1cccc(-n2nc(C#N)cc2-c2c(C)cc(C)cc2C)c1. The third-order valence-electron chi connectivity index (χ3n) is 4.05. The highest BCUT2D eigenvalue weighted by molar-refractivity contribution is 5.71. The molecule has 2 aromatic carbocycles. The molecule has 0 aliphatic rings. The van der Waals surface area contributed by atoms with Crippen molar-refractivity contribution in [2.45, 2.75) is 20.8 Å². The number of aromatic nitrogens is 2. The summed E-state index contributed by atoms with van der Waals surface area (Å²) >= 11 is 0. The maximum absolute atomic E-state index is 9.30. The highest BCUT2D eigenvalue weighted by Crippen LogP contribution is 2.31. The minimum absolute atomic E-state index is 0.396. The second kappa shape index (κ2) is 6.21. The van der Waals surface area contributed by atoms with E-state index in [2.05, 4.69) is 44.1 Å². The van der Waals surface area contributed by atoms with Crippen LogP contribution in [0.3, 0.4) is 0 Å². The number of benzene rings is 2. The first-order valence-electron chi connectivity index (χ1n) is 7.76. The summed E-state index contributed by atoms with van der Waals surface area (Å²) in [7, 11) is 1.64. The van der Waals surface area contributed by atoms with Gasteiger partial charge >= 0.3 is 0 Å². The third kappa shape index (κ3) is 2.77. The van der Waals surface area contributed by atoms with E-state index in [0.29, 0.717) is 5.69 Å². The number of methoxy groups -OCH3 is 1. The largest absolute Gasteiger partial charge is 0.497 e. The van der Waals surface area contributed by atoms with Crippen molar-refractivity contribution in [3.63, 3.8) is 0 Å². The van der Waals surface area contributed by atoms with Crippen LogP contribution in [0.25, 0.3) is 16.9 Å². The van der Waals surface area contributed by atoms with Crippen molar-refractivity contribution in [1.82, 2.24) is 9.78 Å². The topological polar surface area (TPSA) is 50.8 Å². The molecule has 4 heteroatoms. The monoisotopic (exact) mass is 317 g/mol. The van der Waals surface area contributed by atoms with Crippen LogP contribution in [0, 0.1) is 32.1 Å². The molecule has 3 rings (SSSR count). The molecule has 0 N–H and O–H groups in total. The first-order valence-corrected chi connectivity index (χ1v) is 7.76. The highest BCUT2D eigenvalue weighted by atomic mass is 16.5. The summed E-state index contributed by atoms with van der Waals surface area (Å²) < 4.78 is 7.12. The molecule has 0 atom stereocenters. The van der Waals surface area contributed by atoms with E-state index in [0.717, 1.165) is 22.7 Å². The number of nitrogens with zero attached hydrogens (tertiary/aromatic N) is 3. The molecule has 1 aromatic heterocycles. The predicted octanol–water partition coefficient (Wildman–Crippen LogP) is 4.34. The van der Waals surface area contributed by atoms with Gasteiger partial charge in [0.05, 0.1) is 18.5 Å². The molecular formula is C20H19N3O. The Hall–Kier alpha value is -3.06. The van der Waals surface area contributed by atoms with E-state index in [1.165, 1.54) is 16.7 Å². The summed E-state index contributed by atoms with van der Waals surface area (Å²) in [6, 6.07) is 16.0. The zero-order valence-electron chi connectivity index (χ0n) is 14.3. The molecule has 0 unspecified atom stereocenters. The smallest absolute Gasteiger partial charge is 0.163 e. The highest BCUT2D eigenvalue weighted by Gasteiger charge is 2.16. The normalized spacial score (nSPS) is 10.5. The summed E-state index contributed by atoms with van der Waals surface area (Å²) in [4.78, 5) is 0. The van der Waals surface area contributed by atoms with E-state index >= 15 is 0 Å². The molecule has 0 saturated carbocycles. The van der Waals surface area contributed by atoms with E-state index in [-0.39, 0.29) is 0 Å². The number of hydrogen-bond donors (Lipinski definition) is 0. The Morgan fingerprint density at radius 3 is 2.38 bits per heavy atom. The van der Waals surface area contributed by atoms with E-state index in [9.17, 15) is 5.26 Å². The summed E-state index contributed by atoms with van der Waals surface area (Å²) in [5, 5.41) is 13.8. The standard InChI is InChI=1S/C20H19N3O/c1-13-8-14(2)20(15(3)9-13)19-10-16(12-21)22-23(19)17-6-5-7-18(11-17)24-4/h5-11H,1-4H3. The van der Waals surface area contributed by atoms with Gasteiger partial charge in [-0.15, -0.1) is 0 Å². The molecule has 24 heavy (non-hydrogen) atoms. The van der Waals surface area contributed by atoms with Crippen molar-refractivity contribution < 1.29 is 4.74 Å². The zero-order chi connectivity index (χ0) is 17.3. The van der Waals surface area contributed by atoms with Crippen LogP contribution in [0.1, 0.15) is 22.4 Å². The minimum atomic E-state index is 0.396. The van der Waals surface area contributed by atoms with Gasteiger partial charge in [-0.25, -0.2) is 4.68 Å². The van der Waals surface area contributed by atoms with Gasteiger partial charge in [-0.2, -0.15) is 10.4 Å². The van der Waals surface area contributed by atoms with Crippen molar-refractivity contribution in [3.8, 4) is 28.8 Å². The van der Waals surface area contributed by atoms with Crippen LogP contribution < -0.4 is 4.74 Å². The summed E-state index contributed by atoms with van der Waals surface area (Å²) in [5.41, 5.74) is 6.84. The maximum atomic E-state index is 9.30. The second-order valence-corrected chi connectivity index (χ2v) is 5.91. The van der Waals surface area contributed by atoms with Gasteiger partial charge in [0.25, 0.3) is 0 Å². The van der Waals surface area contributed by atoms with Crippen LogP contribution in [0.2, 0.25) is 0 Å². The fourth-order valence-electron chi connectivity index (χ4n) is 3.14. The van der Waals surface area contributed by atoms with Gasteiger partial charge < -0.3 is 4.74 Å². The Kier molecular flexibility index (Phi) is 4.09. The molecule has 0 radical (unpaired) electrons. The fourth-order valence-corrected chi connectivity index (χ4v) is 3.14. The van der Waals surface area contributed by atoms with Gasteiger partial charge in [0.1, 0.15) is 11.8 Å². The molecule has 0 saturated heterocycles. The van der Waals surface area contributed by atoms with Crippen LogP contribution in [-0.4, -0.2) is 16.9 Å². The molecule has 3 aromatic rings. The predicted molar refractivity (Wildman–Crippen MR) is 94.5 cm³/mol. The Morgan fingerprint density at radius 1 is 1.04 bits per heavy atom. The van der Waals surface area contributed by atoms with Gasteiger partial charge in [-0.05, 0) is 44.0 Å². The van der Waals surface area contributed by atoms with Gasteiger partial charge in [0.2, 0.25) is 0 Å². The molecule has 1 heterocycles. The Labute approximate surface area is 141 Å². The van der Waals surface area contributed by atoms with Crippen LogP contribution in [-0.2, 0) is 0 Å². The number of ether oxygens (including phenoxy) is 1. The molecule has 120 valence electrons. The molecule has 4 nitrogen and oxygen atoms in total. The van der Waals surface area contributed by atoms with E-state index in [1.54, 1.807) is 7.11 Å². The number of aryl methyl sites for hydroxylation is 3. The maximum Gasteiger partial charge on any atom is 0.163 e. The average Bonchev–Trinajstić information content (AvgIpc) is 2.98. The Morgan fingerprint density at radius 2 is 1.75 bits per heavy atom. The number of nitriles is 1. The van der Waals surface area contributed by atoms with Gasteiger partial charge in [-0.1, -0.05) is 23.8 Å². The van der Waals surface area contributed by atoms with Crippen LogP contribution in [0.5, 0.6) is 5.75 Å². The lowest BCUT2D eigenvalue weighted by Gasteiger charge is -2.14. The lowest BCUT2D eigenvalue weighted by molar-refractivity contribution is 0.414. The fraction of sp³-hybridized carbons (Fsp3) is 0.200. The second-order valence-electron chi connectivity index (χ2n) is 5.91. The number of hydrogen-bond acceptors (Lipinski definition) is 3. The van der Waals surface area contributed by atoms with E-state index in [4.69, 9.17) is 4.74 Å². The summed E-state index contributed by atoms with van der Waals surface area (Å²) in [6.07, 6.45) is 0. The Balaban J connectivity index is 2.27. The van der Waals surface area contributed by atoms with Crippen molar-refractivity contribution in [2.75, 3.05) is 7.11 Å². The molecular weight excluding hydrogens is 298 g/mol. The van der Waals surface area contributed by atoms with Gasteiger partial charge in [-0.3, -0.25) is 0 Å². The summed E-state index contributed by atoms with van der Waals surface area (Å²) in [5.74, 6) is 0.754. The first kappa shape index (κ1) is 15.8. The first-order chi connectivity index (χ1) is 11.5. The minimum Gasteiger partial charge on any atom is -0.497 e. The van der Waals surface area contributed by atoms with Crippen molar-refractivity contribution in [1.29, 1.82) is 5.26 Å². The number of rotatable bonds is 3. The van der Waals surface area contributed by atoms with Gasteiger partial charge in [0, 0.05) is 17.7 Å². The van der Waals surface area contributed by atoms with E-state index < -0.39 is 0 Å². The molecule has 0 aliphatic carbocycles. The molecule has 0 amide bonds. The van der Waals surface area contributed by atoms with Crippen molar-refractivity contribution in [3.05, 3.63) is 64.8 Å². The molecule has 0 spiro atoms. The van der Waals surface area contributed by atoms with Crippen LogP contribution >= 0.6 is 0 Å². The van der Waals surface area contributed by atoms with E-state index in [1.807, 2.05) is 35.0 Å². The molecule has 0 fully saturated rings. The van der Waals surface area contributed by atoms with Crippen LogP contribution in [0.4, 0.5) is 0 Å². The lowest BCUT2D eigenvalue weighted by atomic mass is 9.97.